The topological polar surface area (TPSA) is 90.8 Å². The summed E-state index contributed by atoms with van der Waals surface area (Å²) in [6.45, 7) is 1.92. The van der Waals surface area contributed by atoms with Gasteiger partial charge in [-0.3, -0.25) is 14.2 Å². The van der Waals surface area contributed by atoms with Crippen LogP contribution >= 0.6 is 11.5 Å². The molecule has 110 valence electrons. The van der Waals surface area contributed by atoms with Gasteiger partial charge < -0.3 is 10.1 Å². The van der Waals surface area contributed by atoms with Crippen LogP contribution in [0.4, 0.5) is 10.7 Å². The third kappa shape index (κ3) is 2.29. The van der Waals surface area contributed by atoms with Gasteiger partial charge in [0.1, 0.15) is 16.8 Å². The van der Waals surface area contributed by atoms with E-state index >= 15 is 0 Å². The quantitative estimate of drug-likeness (QED) is 0.776. The molecular weight excluding hydrogens is 300 g/mol. The zero-order chi connectivity index (χ0) is 15.7. The largest absolute Gasteiger partial charge is 0.495 e. The summed E-state index contributed by atoms with van der Waals surface area (Å²) in [4.78, 5) is 16.0. The van der Waals surface area contributed by atoms with E-state index in [4.69, 9.17) is 10.00 Å². The van der Waals surface area contributed by atoms with Gasteiger partial charge in [0.05, 0.1) is 18.3 Å². The molecule has 0 amide bonds. The van der Waals surface area contributed by atoms with Gasteiger partial charge in [0.2, 0.25) is 0 Å². The molecule has 3 rings (SSSR count). The number of rotatable bonds is 3. The number of hydrogen-bond donors (Lipinski definition) is 2. The van der Waals surface area contributed by atoms with Crippen LogP contribution in [0.5, 0.6) is 5.75 Å². The lowest BCUT2D eigenvalue weighted by Gasteiger charge is -2.13. The maximum absolute atomic E-state index is 11.6. The Morgan fingerprint density at radius 2 is 2.18 bits per heavy atom. The fraction of sp³-hybridized carbons (Fsp3) is 0.133. The summed E-state index contributed by atoms with van der Waals surface area (Å²) in [6.07, 6.45) is 0. The summed E-state index contributed by atoms with van der Waals surface area (Å²) < 4.78 is 7.93. The highest BCUT2D eigenvalue weighted by atomic mass is 32.1. The number of H-pyrrole nitrogens is 1. The molecule has 0 aliphatic heterocycles. The SMILES string of the molecule is COc1ccc2nc(C)ccc2c1Nc1s[nH]c(=O)c1C#N. The van der Waals surface area contributed by atoms with Crippen molar-refractivity contribution in [2.45, 2.75) is 6.92 Å². The van der Waals surface area contributed by atoms with Crippen LogP contribution in [0.2, 0.25) is 0 Å². The molecule has 22 heavy (non-hydrogen) atoms. The third-order valence-electron chi connectivity index (χ3n) is 3.24. The van der Waals surface area contributed by atoms with Gasteiger partial charge >= 0.3 is 0 Å². The smallest absolute Gasteiger partial charge is 0.278 e. The number of anilines is 2. The molecule has 2 heterocycles. The van der Waals surface area contributed by atoms with Gasteiger partial charge in [-0.15, -0.1) is 0 Å². The summed E-state index contributed by atoms with van der Waals surface area (Å²) >= 11 is 1.08. The highest BCUT2D eigenvalue weighted by Crippen LogP contribution is 2.36. The van der Waals surface area contributed by atoms with Crippen molar-refractivity contribution >= 4 is 33.1 Å². The highest BCUT2D eigenvalue weighted by Gasteiger charge is 2.15. The van der Waals surface area contributed by atoms with Gasteiger partial charge in [0, 0.05) is 11.1 Å². The second-order valence-corrected chi connectivity index (χ2v) is 5.45. The first kappa shape index (κ1) is 14.1. The lowest BCUT2D eigenvalue weighted by molar-refractivity contribution is 0.417. The number of methoxy groups -OCH3 is 1. The molecule has 0 saturated heterocycles. The molecule has 0 aliphatic carbocycles. The van der Waals surface area contributed by atoms with Gasteiger partial charge in [-0.25, -0.2) is 0 Å². The molecule has 0 saturated carbocycles. The van der Waals surface area contributed by atoms with Crippen LogP contribution in [0.25, 0.3) is 10.9 Å². The Labute approximate surface area is 130 Å². The fourth-order valence-corrected chi connectivity index (χ4v) is 2.88. The van der Waals surface area contributed by atoms with E-state index in [2.05, 4.69) is 14.7 Å². The highest BCUT2D eigenvalue weighted by molar-refractivity contribution is 7.10. The maximum atomic E-state index is 11.6. The van der Waals surface area contributed by atoms with Crippen molar-refractivity contribution in [3.8, 4) is 11.8 Å². The van der Waals surface area contributed by atoms with E-state index in [9.17, 15) is 4.79 Å². The van der Waals surface area contributed by atoms with Crippen molar-refractivity contribution in [1.82, 2.24) is 9.36 Å². The summed E-state index contributed by atoms with van der Waals surface area (Å²) in [5.74, 6) is 0.614. The molecule has 0 atom stereocenters. The number of aromatic nitrogens is 2. The molecule has 2 N–H and O–H groups in total. The summed E-state index contributed by atoms with van der Waals surface area (Å²) in [5.41, 5.74) is 2.06. The van der Waals surface area contributed by atoms with Gasteiger partial charge in [0.25, 0.3) is 5.56 Å². The van der Waals surface area contributed by atoms with Gasteiger partial charge in [-0.05, 0) is 42.7 Å². The Bertz CT molecular complexity index is 952. The van der Waals surface area contributed by atoms with Crippen molar-refractivity contribution in [2.75, 3.05) is 12.4 Å². The molecular formula is C15H12N4O2S. The molecule has 3 aromatic rings. The minimum Gasteiger partial charge on any atom is -0.495 e. The Hall–Kier alpha value is -2.85. The zero-order valence-corrected chi connectivity index (χ0v) is 12.7. The maximum Gasteiger partial charge on any atom is 0.278 e. The van der Waals surface area contributed by atoms with Crippen LogP contribution in [-0.4, -0.2) is 16.5 Å². The zero-order valence-electron chi connectivity index (χ0n) is 11.9. The van der Waals surface area contributed by atoms with Crippen molar-refractivity contribution in [3.63, 3.8) is 0 Å². The number of benzene rings is 1. The number of aryl methyl sites for hydroxylation is 1. The minimum absolute atomic E-state index is 0.0594. The Morgan fingerprint density at radius 3 is 2.91 bits per heavy atom. The van der Waals surface area contributed by atoms with Crippen LogP contribution in [0.15, 0.2) is 29.1 Å². The minimum atomic E-state index is -0.400. The van der Waals surface area contributed by atoms with Crippen molar-refractivity contribution in [1.29, 1.82) is 5.26 Å². The summed E-state index contributed by atoms with van der Waals surface area (Å²) in [6, 6.07) is 9.42. The first-order valence-corrected chi connectivity index (χ1v) is 7.28. The predicted octanol–water partition coefficient (Wildman–Crippen LogP) is 2.92. The molecule has 0 fully saturated rings. The van der Waals surface area contributed by atoms with Crippen LogP contribution < -0.4 is 15.6 Å². The molecule has 0 radical (unpaired) electrons. The van der Waals surface area contributed by atoms with E-state index in [1.807, 2.05) is 31.2 Å². The van der Waals surface area contributed by atoms with Crippen LogP contribution in [-0.2, 0) is 0 Å². The normalized spacial score (nSPS) is 10.4. The van der Waals surface area contributed by atoms with Crippen LogP contribution in [0.1, 0.15) is 11.3 Å². The number of nitrogens with one attached hydrogen (secondary N) is 2. The summed E-state index contributed by atoms with van der Waals surface area (Å²) in [5, 5.41) is 13.5. The van der Waals surface area contributed by atoms with E-state index in [1.165, 1.54) is 0 Å². The van der Waals surface area contributed by atoms with Crippen molar-refractivity contribution in [3.05, 3.63) is 45.9 Å². The predicted molar refractivity (Wildman–Crippen MR) is 86.0 cm³/mol. The second kappa shape index (κ2) is 5.50. The molecule has 0 spiro atoms. The standard InChI is InChI=1S/C15H12N4O2S/c1-8-3-4-9-11(17-8)5-6-12(21-2)13(9)18-15-10(7-16)14(20)19-22-15/h3-6,18H,1-2H3,(H,19,20). The second-order valence-electron chi connectivity index (χ2n) is 4.64. The van der Waals surface area contributed by atoms with Crippen molar-refractivity contribution in [2.24, 2.45) is 0 Å². The fourth-order valence-electron chi connectivity index (χ4n) is 2.19. The monoisotopic (exact) mass is 312 g/mol. The van der Waals surface area contributed by atoms with Crippen LogP contribution in [0, 0.1) is 18.3 Å². The Balaban J connectivity index is 2.20. The van der Waals surface area contributed by atoms with E-state index in [0.29, 0.717) is 16.4 Å². The first-order chi connectivity index (χ1) is 10.6. The molecule has 7 heteroatoms. The van der Waals surface area contributed by atoms with Gasteiger partial charge in [-0.2, -0.15) is 5.26 Å². The molecule has 0 unspecified atom stereocenters. The third-order valence-corrected chi connectivity index (χ3v) is 4.04. The van der Waals surface area contributed by atoms with Crippen LogP contribution in [0.3, 0.4) is 0 Å². The van der Waals surface area contributed by atoms with E-state index < -0.39 is 5.56 Å². The average molecular weight is 312 g/mol. The Morgan fingerprint density at radius 1 is 1.36 bits per heavy atom. The number of hydrogen-bond acceptors (Lipinski definition) is 6. The lowest BCUT2D eigenvalue weighted by Crippen LogP contribution is -2.03. The number of aromatic amines is 1. The Kier molecular flexibility index (Phi) is 3.53. The molecule has 1 aromatic carbocycles. The van der Waals surface area contributed by atoms with Crippen molar-refractivity contribution < 1.29 is 4.74 Å². The lowest BCUT2D eigenvalue weighted by atomic mass is 10.1. The van der Waals surface area contributed by atoms with Gasteiger partial charge in [-0.1, -0.05) is 0 Å². The van der Waals surface area contributed by atoms with E-state index in [1.54, 1.807) is 13.2 Å². The average Bonchev–Trinajstić information content (AvgIpc) is 2.87. The number of nitrogens with zero attached hydrogens (tertiary/aromatic N) is 2. The number of ether oxygens (including phenoxy) is 1. The molecule has 2 aromatic heterocycles. The van der Waals surface area contributed by atoms with E-state index in [-0.39, 0.29) is 5.56 Å². The summed E-state index contributed by atoms with van der Waals surface area (Å²) in [7, 11) is 1.57. The number of pyridine rings is 1. The number of nitriles is 1. The first-order valence-electron chi connectivity index (χ1n) is 6.47. The van der Waals surface area contributed by atoms with Gasteiger partial charge in [0.15, 0.2) is 5.56 Å². The van der Waals surface area contributed by atoms with E-state index in [0.717, 1.165) is 28.1 Å². The molecule has 6 nitrogen and oxygen atoms in total. The molecule has 0 aliphatic rings. The number of fused-ring (bicyclic) bond motifs is 1. The molecule has 0 bridgehead atoms.